The summed E-state index contributed by atoms with van der Waals surface area (Å²) >= 11 is 0. The van der Waals surface area contributed by atoms with Gasteiger partial charge in [-0.2, -0.15) is 15.2 Å². The lowest BCUT2D eigenvalue weighted by Crippen LogP contribution is -2.59. The zero-order valence-electron chi connectivity index (χ0n) is 15.5. The molecule has 1 fully saturated rings. The molecule has 2 aliphatic rings. The number of nitrogens with one attached hydrogen (secondary N) is 1. The van der Waals surface area contributed by atoms with Crippen molar-refractivity contribution in [2.24, 2.45) is 7.05 Å². The van der Waals surface area contributed by atoms with Crippen molar-refractivity contribution >= 4 is 22.8 Å². The maximum absolute atomic E-state index is 12.3. The van der Waals surface area contributed by atoms with Gasteiger partial charge in [0.25, 0.3) is 5.56 Å². The molecule has 0 bridgehead atoms. The first-order chi connectivity index (χ1) is 13.1. The molecule has 0 saturated carbocycles. The molecule has 0 aromatic carbocycles. The number of aromatic amines is 1. The van der Waals surface area contributed by atoms with Crippen LogP contribution in [0, 0.1) is 0 Å². The van der Waals surface area contributed by atoms with Crippen LogP contribution in [0.3, 0.4) is 0 Å². The molecule has 140 valence electrons. The Morgan fingerprint density at radius 1 is 1.22 bits per heavy atom. The smallest absolute Gasteiger partial charge is 0.263 e. The van der Waals surface area contributed by atoms with E-state index in [-0.39, 0.29) is 11.6 Å². The molecule has 1 aliphatic heterocycles. The standard InChI is InChI=1S/C18H22N8O/c1-24(18-20-16-13(17(27)21-18)8-19-25(16)2)12-9-26(10-12)15-7-11-5-3-4-6-14(11)22-23-15/h7-8,12H,3-6,9-10H2,1-2H3,(H,20,21,27). The van der Waals surface area contributed by atoms with Gasteiger partial charge < -0.3 is 9.80 Å². The Morgan fingerprint density at radius 2 is 2.04 bits per heavy atom. The normalized spacial score (nSPS) is 17.0. The highest BCUT2D eigenvalue weighted by Crippen LogP contribution is 2.27. The molecule has 5 rings (SSSR count). The Hall–Kier alpha value is -2.97. The third kappa shape index (κ3) is 2.65. The first-order valence-electron chi connectivity index (χ1n) is 9.35. The first kappa shape index (κ1) is 16.2. The van der Waals surface area contributed by atoms with E-state index in [0.717, 1.165) is 37.4 Å². The second kappa shape index (κ2) is 6.04. The summed E-state index contributed by atoms with van der Waals surface area (Å²) in [5, 5.41) is 13.5. The number of fused-ring (bicyclic) bond motifs is 2. The lowest BCUT2D eigenvalue weighted by molar-refractivity contribution is 0.483. The highest BCUT2D eigenvalue weighted by molar-refractivity contribution is 5.74. The third-order valence-electron chi connectivity index (χ3n) is 5.71. The van der Waals surface area contributed by atoms with Crippen molar-refractivity contribution in [1.82, 2.24) is 29.9 Å². The van der Waals surface area contributed by atoms with E-state index in [1.54, 1.807) is 17.9 Å². The largest absolute Gasteiger partial charge is 0.351 e. The summed E-state index contributed by atoms with van der Waals surface area (Å²) in [5.41, 5.74) is 2.94. The Labute approximate surface area is 156 Å². The maximum atomic E-state index is 12.3. The van der Waals surface area contributed by atoms with Crippen molar-refractivity contribution in [1.29, 1.82) is 0 Å². The molecule has 0 radical (unpaired) electrons. The second-order valence-corrected chi connectivity index (χ2v) is 7.45. The number of likely N-dealkylation sites (N-methyl/N-ethyl adjacent to an activating group) is 1. The van der Waals surface area contributed by atoms with Crippen LogP contribution in [0.1, 0.15) is 24.1 Å². The van der Waals surface area contributed by atoms with Crippen LogP contribution in [0.15, 0.2) is 17.1 Å². The molecule has 1 N–H and O–H groups in total. The highest BCUT2D eigenvalue weighted by Gasteiger charge is 2.33. The van der Waals surface area contributed by atoms with Crippen LogP contribution in [-0.2, 0) is 19.9 Å². The van der Waals surface area contributed by atoms with E-state index in [1.165, 1.54) is 18.4 Å². The summed E-state index contributed by atoms with van der Waals surface area (Å²) in [6.45, 7) is 1.66. The summed E-state index contributed by atoms with van der Waals surface area (Å²) in [6, 6.07) is 2.45. The third-order valence-corrected chi connectivity index (χ3v) is 5.71. The van der Waals surface area contributed by atoms with Gasteiger partial charge in [-0.15, -0.1) is 5.10 Å². The molecule has 27 heavy (non-hydrogen) atoms. The van der Waals surface area contributed by atoms with Crippen LogP contribution in [0.2, 0.25) is 0 Å². The van der Waals surface area contributed by atoms with E-state index in [0.29, 0.717) is 17.0 Å². The van der Waals surface area contributed by atoms with Gasteiger partial charge >= 0.3 is 0 Å². The minimum Gasteiger partial charge on any atom is -0.351 e. The number of aromatic nitrogens is 6. The number of nitrogens with zero attached hydrogens (tertiary/aromatic N) is 7. The zero-order valence-corrected chi connectivity index (χ0v) is 15.5. The molecule has 1 saturated heterocycles. The summed E-state index contributed by atoms with van der Waals surface area (Å²) in [7, 11) is 3.75. The van der Waals surface area contributed by atoms with Gasteiger partial charge in [-0.3, -0.25) is 14.5 Å². The van der Waals surface area contributed by atoms with Crippen LogP contribution >= 0.6 is 0 Å². The van der Waals surface area contributed by atoms with E-state index >= 15 is 0 Å². The average molecular weight is 366 g/mol. The van der Waals surface area contributed by atoms with Gasteiger partial charge in [0.15, 0.2) is 11.5 Å². The Balaban J connectivity index is 1.33. The predicted molar refractivity (Wildman–Crippen MR) is 102 cm³/mol. The van der Waals surface area contributed by atoms with Crippen molar-refractivity contribution in [3.05, 3.63) is 33.9 Å². The predicted octanol–water partition coefficient (Wildman–Crippen LogP) is 0.650. The molecule has 3 aromatic heterocycles. The number of hydrogen-bond acceptors (Lipinski definition) is 7. The molecule has 0 unspecified atom stereocenters. The second-order valence-electron chi connectivity index (χ2n) is 7.45. The molecule has 0 amide bonds. The van der Waals surface area contributed by atoms with Gasteiger partial charge in [0.05, 0.1) is 17.9 Å². The Kier molecular flexibility index (Phi) is 3.63. The summed E-state index contributed by atoms with van der Waals surface area (Å²) < 4.78 is 1.62. The fourth-order valence-corrected chi connectivity index (χ4v) is 3.88. The van der Waals surface area contributed by atoms with Crippen LogP contribution in [0.25, 0.3) is 11.0 Å². The van der Waals surface area contributed by atoms with Crippen molar-refractivity contribution in [3.63, 3.8) is 0 Å². The van der Waals surface area contributed by atoms with Crippen LogP contribution in [0.5, 0.6) is 0 Å². The van der Waals surface area contributed by atoms with Gasteiger partial charge in [0.1, 0.15) is 5.39 Å². The fraction of sp³-hybridized carbons (Fsp3) is 0.500. The topological polar surface area (TPSA) is 95.8 Å². The highest BCUT2D eigenvalue weighted by atomic mass is 16.1. The molecular weight excluding hydrogens is 344 g/mol. The van der Waals surface area contributed by atoms with Crippen molar-refractivity contribution < 1.29 is 0 Å². The van der Waals surface area contributed by atoms with E-state index in [4.69, 9.17) is 0 Å². The molecule has 9 nitrogen and oxygen atoms in total. The van der Waals surface area contributed by atoms with Crippen molar-refractivity contribution in [3.8, 4) is 0 Å². The molecular formula is C18H22N8O. The lowest BCUT2D eigenvalue weighted by atomic mass is 9.96. The SMILES string of the molecule is CN(c1nc2c(cnn2C)c(=O)[nH]1)C1CN(c2cc3c(nn2)CCCC3)C1. The van der Waals surface area contributed by atoms with Crippen LogP contribution in [0.4, 0.5) is 11.8 Å². The van der Waals surface area contributed by atoms with E-state index in [2.05, 4.69) is 36.2 Å². The molecule has 0 spiro atoms. The minimum absolute atomic E-state index is 0.160. The molecule has 9 heteroatoms. The molecule has 3 aromatic rings. The lowest BCUT2D eigenvalue weighted by Gasteiger charge is -2.44. The number of rotatable bonds is 3. The van der Waals surface area contributed by atoms with Crippen molar-refractivity contribution in [2.75, 3.05) is 29.9 Å². The van der Waals surface area contributed by atoms with E-state index in [1.807, 2.05) is 11.9 Å². The molecule has 1 aliphatic carbocycles. The van der Waals surface area contributed by atoms with Gasteiger partial charge in [-0.25, -0.2) is 0 Å². The Bertz CT molecular complexity index is 1060. The minimum atomic E-state index is -0.160. The van der Waals surface area contributed by atoms with Crippen LogP contribution < -0.4 is 15.4 Å². The monoisotopic (exact) mass is 366 g/mol. The van der Waals surface area contributed by atoms with Gasteiger partial charge in [0, 0.05) is 27.2 Å². The number of H-pyrrole nitrogens is 1. The molecule has 4 heterocycles. The summed E-state index contributed by atoms with van der Waals surface area (Å²) in [4.78, 5) is 24.0. The fourth-order valence-electron chi connectivity index (χ4n) is 3.88. The summed E-state index contributed by atoms with van der Waals surface area (Å²) in [5.74, 6) is 1.51. The quantitative estimate of drug-likeness (QED) is 0.727. The zero-order chi connectivity index (χ0) is 18.5. The average Bonchev–Trinajstić information content (AvgIpc) is 3.02. The van der Waals surface area contributed by atoms with Gasteiger partial charge in [-0.1, -0.05) is 0 Å². The van der Waals surface area contributed by atoms with E-state index < -0.39 is 0 Å². The van der Waals surface area contributed by atoms with Gasteiger partial charge in [0.2, 0.25) is 5.95 Å². The van der Waals surface area contributed by atoms with Crippen molar-refractivity contribution in [2.45, 2.75) is 31.7 Å². The number of aryl methyl sites for hydroxylation is 3. The van der Waals surface area contributed by atoms with Crippen LogP contribution in [-0.4, -0.2) is 56.1 Å². The molecule has 0 atom stereocenters. The maximum Gasteiger partial charge on any atom is 0.263 e. The summed E-state index contributed by atoms with van der Waals surface area (Å²) in [6.07, 6.45) is 6.14. The van der Waals surface area contributed by atoms with E-state index in [9.17, 15) is 4.79 Å². The Morgan fingerprint density at radius 3 is 2.89 bits per heavy atom. The number of hydrogen-bond donors (Lipinski definition) is 1. The van der Waals surface area contributed by atoms with Gasteiger partial charge in [-0.05, 0) is 37.3 Å². The first-order valence-corrected chi connectivity index (χ1v) is 9.35. The number of anilines is 2.